The van der Waals surface area contributed by atoms with Gasteiger partial charge in [0.25, 0.3) is 0 Å². The van der Waals surface area contributed by atoms with Crippen molar-refractivity contribution < 1.29 is 19.9 Å². The first-order valence-corrected chi connectivity index (χ1v) is 3.95. The molecule has 2 atom stereocenters. The molecule has 0 aliphatic heterocycles. The number of hydrogen-bond donors (Lipinski definition) is 3. The van der Waals surface area contributed by atoms with Crippen molar-refractivity contribution in [2.75, 3.05) is 12.8 Å². The molecule has 2 unspecified atom stereocenters. The van der Waals surface area contributed by atoms with Crippen molar-refractivity contribution in [1.82, 2.24) is 0 Å². The number of aliphatic hydroxyl groups is 2. The van der Waals surface area contributed by atoms with Crippen LogP contribution in [0.3, 0.4) is 0 Å². The molecule has 0 aromatic heterocycles. The summed E-state index contributed by atoms with van der Waals surface area (Å²) in [6, 6.07) is 0.383. The summed E-state index contributed by atoms with van der Waals surface area (Å²) >= 11 is 0. The van der Waals surface area contributed by atoms with Gasteiger partial charge in [0.05, 0.1) is 20.9 Å². The molecule has 0 saturated heterocycles. The molecule has 3 N–H and O–H groups in total. The maximum atomic E-state index is 9.74. The van der Waals surface area contributed by atoms with Gasteiger partial charge in [-0.2, -0.15) is 0 Å². The molecule has 0 aliphatic carbocycles. The molecule has 0 radical (unpaired) electrons. The maximum absolute atomic E-state index is 9.74. The summed E-state index contributed by atoms with van der Waals surface area (Å²) in [5.74, 6) is 0. The largest absolute Gasteiger partial charge is 0.394 e. The molecule has 0 saturated carbocycles. The second kappa shape index (κ2) is 4.82. The van der Waals surface area contributed by atoms with Gasteiger partial charge >= 0.3 is 0 Å². The maximum Gasteiger partial charge on any atom is 0.169 e. The molecule has 54 valence electrons. The normalized spacial score (nSPS) is 16.8. The van der Waals surface area contributed by atoms with Crippen LogP contribution < -0.4 is 0 Å². The van der Waals surface area contributed by atoms with E-state index in [-0.39, 0.29) is 6.16 Å². The smallest absolute Gasteiger partial charge is 0.169 e. The van der Waals surface area contributed by atoms with Crippen molar-refractivity contribution in [2.24, 2.45) is 0 Å². The van der Waals surface area contributed by atoms with Gasteiger partial charge in [-0.3, -0.25) is 4.79 Å². The van der Waals surface area contributed by atoms with Crippen molar-refractivity contribution >= 4 is 14.2 Å². The zero-order chi connectivity index (χ0) is 7.28. The van der Waals surface area contributed by atoms with Gasteiger partial charge in [-0.25, -0.2) is 0 Å². The Morgan fingerprint density at radius 3 is 2.56 bits per heavy atom. The van der Waals surface area contributed by atoms with Crippen LogP contribution in [0.4, 0.5) is 0 Å². The van der Waals surface area contributed by atoms with E-state index in [2.05, 4.69) is 0 Å². The Morgan fingerprint density at radius 2 is 2.22 bits per heavy atom. The molecule has 0 aromatic rings. The lowest BCUT2D eigenvalue weighted by molar-refractivity contribution is 0.112. The van der Waals surface area contributed by atoms with Crippen LogP contribution >= 0.6 is 8.15 Å². The number of hydrogen-bond acceptors (Lipinski definition) is 4. The lowest BCUT2D eigenvalue weighted by Gasteiger charge is -2.06. The van der Waals surface area contributed by atoms with Crippen LogP contribution in [0.25, 0.3) is 0 Å². The molecule has 4 nitrogen and oxygen atoms in total. The molecule has 0 amide bonds. The molecular formula is C4H9O4P. The molecular weight excluding hydrogens is 143 g/mol. The lowest BCUT2D eigenvalue weighted by atomic mass is 10.4. The van der Waals surface area contributed by atoms with Crippen LogP contribution in [0.1, 0.15) is 0 Å². The van der Waals surface area contributed by atoms with Crippen molar-refractivity contribution in [3.05, 3.63) is 0 Å². The van der Waals surface area contributed by atoms with E-state index in [1.54, 1.807) is 0 Å². The molecule has 0 bridgehead atoms. The average molecular weight is 152 g/mol. The number of rotatable bonds is 4. The molecule has 9 heavy (non-hydrogen) atoms. The van der Waals surface area contributed by atoms with Crippen LogP contribution in [0.15, 0.2) is 0 Å². The second-order valence-electron chi connectivity index (χ2n) is 1.56. The van der Waals surface area contributed by atoms with E-state index < -0.39 is 20.9 Å². The number of aliphatic hydroxyl groups excluding tert-OH is 2. The summed E-state index contributed by atoms with van der Waals surface area (Å²) in [6.45, 7) is -0.409. The highest BCUT2D eigenvalue weighted by atomic mass is 31.1. The quantitative estimate of drug-likeness (QED) is 0.353. The fourth-order valence-corrected chi connectivity index (χ4v) is 0.950. The van der Waals surface area contributed by atoms with Gasteiger partial charge in [0, 0.05) is 6.16 Å². The third kappa shape index (κ3) is 4.48. The monoisotopic (exact) mass is 152 g/mol. The van der Waals surface area contributed by atoms with Gasteiger partial charge in [-0.1, -0.05) is 0 Å². The van der Waals surface area contributed by atoms with E-state index in [1.165, 1.54) is 0 Å². The highest BCUT2D eigenvalue weighted by Crippen LogP contribution is 2.25. The lowest BCUT2D eigenvalue weighted by Crippen LogP contribution is -2.15. The van der Waals surface area contributed by atoms with Crippen LogP contribution in [0.2, 0.25) is 0 Å². The zero-order valence-corrected chi connectivity index (χ0v) is 5.66. The first-order valence-electron chi connectivity index (χ1n) is 2.40. The summed E-state index contributed by atoms with van der Waals surface area (Å²) < 4.78 is 0. The first-order chi connectivity index (χ1) is 4.20. The van der Waals surface area contributed by atoms with E-state index in [4.69, 9.17) is 15.1 Å². The molecule has 0 rings (SSSR count). The van der Waals surface area contributed by atoms with Crippen LogP contribution in [-0.2, 0) is 4.79 Å². The minimum atomic E-state index is -1.71. The molecule has 0 aromatic carbocycles. The van der Waals surface area contributed by atoms with Crippen molar-refractivity contribution in [3.8, 4) is 0 Å². The predicted octanol–water partition coefficient (Wildman–Crippen LogP) is -1.08. The van der Waals surface area contributed by atoms with Gasteiger partial charge in [0.1, 0.15) is 0 Å². The van der Waals surface area contributed by atoms with Gasteiger partial charge in [0.15, 0.2) is 6.03 Å². The highest BCUT2D eigenvalue weighted by molar-refractivity contribution is 7.67. The summed E-state index contributed by atoms with van der Waals surface area (Å²) in [5.41, 5.74) is 0. The predicted molar refractivity (Wildman–Crippen MR) is 33.8 cm³/mol. The summed E-state index contributed by atoms with van der Waals surface area (Å²) in [7, 11) is -1.71. The standard InChI is InChI=1S/C4H9O4P/c5-1-4(7)2-9(8)3-6/h3-5,7-8H,1-2H2. The van der Waals surface area contributed by atoms with Crippen molar-refractivity contribution in [2.45, 2.75) is 6.10 Å². The van der Waals surface area contributed by atoms with Crippen LogP contribution in [0.5, 0.6) is 0 Å². The average Bonchev–Trinajstić information content (AvgIpc) is 1.87. The Bertz CT molecular complexity index is 86.6. The molecule has 0 aliphatic rings. The number of carbonyl (C=O) groups excluding carboxylic acids is 1. The fourth-order valence-electron chi connectivity index (χ4n) is 0.317. The number of carbonyl (C=O) groups is 1. The highest BCUT2D eigenvalue weighted by Gasteiger charge is 2.08. The SMILES string of the molecule is O=CP(O)CC(O)CO. The Balaban J connectivity index is 3.33. The van der Waals surface area contributed by atoms with Gasteiger partial charge < -0.3 is 15.1 Å². The van der Waals surface area contributed by atoms with Gasteiger partial charge in [-0.15, -0.1) is 0 Å². The first kappa shape index (κ1) is 8.98. The summed E-state index contributed by atoms with van der Waals surface area (Å²) in [4.78, 5) is 18.3. The van der Waals surface area contributed by atoms with Crippen LogP contribution in [-0.4, -0.2) is 40.0 Å². The summed E-state index contributed by atoms with van der Waals surface area (Å²) in [5, 5.41) is 16.8. The van der Waals surface area contributed by atoms with E-state index in [1.807, 2.05) is 0 Å². The molecule has 5 heteroatoms. The van der Waals surface area contributed by atoms with E-state index in [9.17, 15) is 4.79 Å². The zero-order valence-electron chi connectivity index (χ0n) is 4.77. The Labute approximate surface area is 54.0 Å². The third-order valence-corrected chi connectivity index (χ3v) is 1.77. The second-order valence-corrected chi connectivity index (χ2v) is 3.02. The minimum Gasteiger partial charge on any atom is -0.394 e. The summed E-state index contributed by atoms with van der Waals surface area (Å²) in [6.07, 6.45) is -0.999. The van der Waals surface area contributed by atoms with E-state index >= 15 is 0 Å². The van der Waals surface area contributed by atoms with Gasteiger partial charge in [-0.05, 0) is 0 Å². The molecule has 0 heterocycles. The fraction of sp³-hybridized carbons (Fsp3) is 0.750. The molecule has 0 fully saturated rings. The Hall–Kier alpha value is -0.0200. The Morgan fingerprint density at radius 1 is 1.67 bits per heavy atom. The Kier molecular flexibility index (Phi) is 4.81. The van der Waals surface area contributed by atoms with Crippen molar-refractivity contribution in [3.63, 3.8) is 0 Å². The molecule has 0 spiro atoms. The minimum absolute atomic E-state index is 0.0324. The van der Waals surface area contributed by atoms with E-state index in [0.717, 1.165) is 0 Å². The third-order valence-electron chi connectivity index (χ3n) is 0.730. The van der Waals surface area contributed by atoms with Crippen molar-refractivity contribution in [1.29, 1.82) is 0 Å². The van der Waals surface area contributed by atoms with E-state index in [0.29, 0.717) is 6.03 Å². The van der Waals surface area contributed by atoms with Gasteiger partial charge in [0.2, 0.25) is 0 Å². The van der Waals surface area contributed by atoms with Crippen LogP contribution in [0, 0.1) is 0 Å². The topological polar surface area (TPSA) is 77.8 Å².